The number of nitrogens with zero attached hydrogens (tertiary/aromatic N) is 3. The van der Waals surface area contributed by atoms with Gasteiger partial charge in [-0.1, -0.05) is 35.3 Å². The number of halogens is 5. The molecule has 3 rings (SSSR count). The van der Waals surface area contributed by atoms with Gasteiger partial charge in [0.05, 0.1) is 15.7 Å². The fourth-order valence-electron chi connectivity index (χ4n) is 3.14. The van der Waals surface area contributed by atoms with Crippen LogP contribution in [-0.4, -0.2) is 52.6 Å². The summed E-state index contributed by atoms with van der Waals surface area (Å²) < 4.78 is 31.7. The molecule has 0 atom stereocenters. The van der Waals surface area contributed by atoms with Crippen LogP contribution in [-0.2, 0) is 4.79 Å². The number of carboxylic acid groups (broad SMARTS) is 1. The van der Waals surface area contributed by atoms with Gasteiger partial charge < -0.3 is 21.9 Å². The van der Waals surface area contributed by atoms with E-state index < -0.39 is 18.2 Å². The van der Waals surface area contributed by atoms with Gasteiger partial charge in [-0.2, -0.15) is 18.2 Å². The van der Waals surface area contributed by atoms with Crippen molar-refractivity contribution in [3.05, 3.63) is 58.6 Å². The monoisotopic (exact) mass is 604 g/mol. The zero-order chi connectivity index (χ0) is 29.2. The lowest BCUT2D eigenvalue weighted by atomic mass is 10.1. The summed E-state index contributed by atoms with van der Waals surface area (Å²) in [6.45, 7) is 1.15. The lowest BCUT2D eigenvalue weighted by Crippen LogP contribution is -2.36. The molecule has 9 nitrogen and oxygen atoms in total. The number of carbonyl (C=O) groups excluding carboxylic acids is 1. The molecule has 2 amide bonds. The third kappa shape index (κ3) is 10.0. The van der Waals surface area contributed by atoms with Crippen molar-refractivity contribution in [1.29, 1.82) is 0 Å². The predicted octanol–water partition coefficient (Wildman–Crippen LogP) is 6.17. The summed E-state index contributed by atoms with van der Waals surface area (Å²) >= 11 is 14.1. The smallest absolute Gasteiger partial charge is 0.475 e. The van der Waals surface area contributed by atoms with Gasteiger partial charge in [-0.25, -0.2) is 14.6 Å². The van der Waals surface area contributed by atoms with Crippen LogP contribution in [0.1, 0.15) is 12.8 Å². The van der Waals surface area contributed by atoms with Gasteiger partial charge in [-0.15, -0.1) is 11.8 Å². The molecule has 0 saturated carbocycles. The number of carbonyl (C=O) groups is 2. The van der Waals surface area contributed by atoms with E-state index >= 15 is 0 Å². The number of urea groups is 1. The third-order valence-electron chi connectivity index (χ3n) is 4.98. The topological polar surface area (TPSA) is 147 Å². The summed E-state index contributed by atoms with van der Waals surface area (Å²) in [4.78, 5) is 32.0. The number of hydrogen-bond donors (Lipinski definition) is 4. The molecule has 1 heterocycles. The highest BCUT2D eigenvalue weighted by Gasteiger charge is 2.38. The molecule has 0 saturated heterocycles. The number of amides is 2. The number of rotatable bonds is 9. The van der Waals surface area contributed by atoms with Crippen LogP contribution in [0.25, 0.3) is 11.3 Å². The van der Waals surface area contributed by atoms with E-state index in [1.807, 2.05) is 36.6 Å². The van der Waals surface area contributed by atoms with Crippen LogP contribution >= 0.6 is 35.0 Å². The molecule has 0 spiro atoms. The Kier molecular flexibility index (Phi) is 11.9. The molecule has 2 aromatic carbocycles. The van der Waals surface area contributed by atoms with Crippen molar-refractivity contribution in [3.63, 3.8) is 0 Å². The molecular weight excluding hydrogens is 580 g/mol. The van der Waals surface area contributed by atoms with Crippen LogP contribution in [0.2, 0.25) is 10.0 Å². The van der Waals surface area contributed by atoms with Crippen LogP contribution in [0.15, 0.2) is 53.4 Å². The SMILES string of the molecule is CSc1ccc(N(CCCCNc2cc(-c3cccc(Cl)c3Cl)nc(N)n2)C(N)=O)cc1.O=C(O)C(F)(F)F. The molecule has 0 aliphatic carbocycles. The normalized spacial score (nSPS) is 10.8. The van der Waals surface area contributed by atoms with Crippen molar-refractivity contribution >= 4 is 64.4 Å². The van der Waals surface area contributed by atoms with Crippen LogP contribution in [0.5, 0.6) is 0 Å². The van der Waals surface area contributed by atoms with Crippen molar-refractivity contribution < 1.29 is 27.9 Å². The number of carboxylic acids is 1. The molecule has 39 heavy (non-hydrogen) atoms. The lowest BCUT2D eigenvalue weighted by Gasteiger charge is -2.20. The number of hydrogen-bond acceptors (Lipinski definition) is 7. The fourth-order valence-corrected chi connectivity index (χ4v) is 3.94. The molecular formula is C24H25Cl2F3N6O3S. The summed E-state index contributed by atoms with van der Waals surface area (Å²) in [5.74, 6) is -2.04. The highest BCUT2D eigenvalue weighted by Crippen LogP contribution is 2.33. The number of primary amides is 1. The average Bonchev–Trinajstić information content (AvgIpc) is 2.87. The van der Waals surface area contributed by atoms with Gasteiger partial charge >= 0.3 is 18.2 Å². The van der Waals surface area contributed by atoms with Gasteiger partial charge in [0.1, 0.15) is 5.82 Å². The average molecular weight is 605 g/mol. The second-order valence-corrected chi connectivity index (χ2v) is 9.39. The molecule has 0 bridgehead atoms. The number of aromatic nitrogens is 2. The minimum absolute atomic E-state index is 0.134. The Bertz CT molecular complexity index is 1280. The molecule has 0 aliphatic heterocycles. The Hall–Kier alpha value is -3.42. The second kappa shape index (κ2) is 14.7. The number of aliphatic carboxylic acids is 1. The minimum atomic E-state index is -5.08. The second-order valence-electron chi connectivity index (χ2n) is 7.72. The molecule has 3 aromatic rings. The van der Waals surface area contributed by atoms with Crippen molar-refractivity contribution in [2.45, 2.75) is 23.9 Å². The zero-order valence-corrected chi connectivity index (χ0v) is 22.8. The first-order valence-corrected chi connectivity index (χ1v) is 13.2. The maximum atomic E-state index is 11.9. The molecule has 0 aliphatic rings. The van der Waals surface area contributed by atoms with E-state index in [4.69, 9.17) is 44.6 Å². The molecule has 0 fully saturated rings. The Labute approximate surface area is 236 Å². The summed E-state index contributed by atoms with van der Waals surface area (Å²) in [5.41, 5.74) is 13.5. The Balaban J connectivity index is 0.000000673. The van der Waals surface area contributed by atoms with Gasteiger partial charge in [-0.05, 0) is 49.4 Å². The molecule has 210 valence electrons. The Morgan fingerprint density at radius 2 is 1.74 bits per heavy atom. The zero-order valence-electron chi connectivity index (χ0n) is 20.5. The highest BCUT2D eigenvalue weighted by atomic mass is 35.5. The standard InChI is InChI=1S/C22H24Cl2N6OS.C2HF3O2/c1-32-15-9-7-14(8-10-15)30(22(26)31)12-3-2-11-27-19-13-18(28-21(25)29-19)16-5-4-6-17(23)20(16)24;3-2(4,5)1(6)7/h4-10,13H,2-3,11-12H2,1H3,(H2,26,31)(H3,25,27,28,29);(H,6,7). The van der Waals surface area contributed by atoms with E-state index in [0.717, 1.165) is 23.4 Å². The van der Waals surface area contributed by atoms with Crippen molar-refractivity contribution in [3.8, 4) is 11.3 Å². The first kappa shape index (κ1) is 31.8. The molecule has 1 aromatic heterocycles. The van der Waals surface area contributed by atoms with E-state index in [-0.39, 0.29) is 5.95 Å². The Morgan fingerprint density at radius 1 is 1.10 bits per heavy atom. The van der Waals surface area contributed by atoms with Crippen LogP contribution in [0.3, 0.4) is 0 Å². The summed E-state index contributed by atoms with van der Waals surface area (Å²) in [6.07, 6.45) is -1.52. The van der Waals surface area contributed by atoms with E-state index in [0.29, 0.717) is 40.2 Å². The first-order valence-electron chi connectivity index (χ1n) is 11.2. The van der Waals surface area contributed by atoms with E-state index in [1.54, 1.807) is 34.9 Å². The van der Waals surface area contributed by atoms with Gasteiger partial charge in [0.2, 0.25) is 5.95 Å². The molecule has 0 unspecified atom stereocenters. The minimum Gasteiger partial charge on any atom is -0.475 e. The summed E-state index contributed by atoms with van der Waals surface area (Å²) in [7, 11) is 0. The van der Waals surface area contributed by atoms with Crippen LogP contribution in [0.4, 0.5) is 35.4 Å². The number of nitrogens with two attached hydrogens (primary N) is 2. The van der Waals surface area contributed by atoms with Crippen LogP contribution in [0, 0.1) is 0 Å². The van der Waals surface area contributed by atoms with E-state index in [1.165, 1.54) is 0 Å². The number of anilines is 3. The fraction of sp³-hybridized carbons (Fsp3) is 0.250. The van der Waals surface area contributed by atoms with Gasteiger partial charge in [0.25, 0.3) is 0 Å². The maximum Gasteiger partial charge on any atom is 0.490 e. The first-order chi connectivity index (χ1) is 18.3. The Morgan fingerprint density at radius 3 is 2.31 bits per heavy atom. The summed E-state index contributed by atoms with van der Waals surface area (Å²) in [5, 5.41) is 11.2. The van der Waals surface area contributed by atoms with Gasteiger partial charge in [0.15, 0.2) is 0 Å². The van der Waals surface area contributed by atoms with Crippen LogP contribution < -0.4 is 21.7 Å². The quantitative estimate of drug-likeness (QED) is 0.167. The number of unbranched alkanes of at least 4 members (excludes halogenated alkanes) is 1. The van der Waals surface area contributed by atoms with Gasteiger partial charge in [-0.3, -0.25) is 4.90 Å². The third-order valence-corrected chi connectivity index (χ3v) is 6.54. The number of alkyl halides is 3. The highest BCUT2D eigenvalue weighted by molar-refractivity contribution is 7.98. The van der Waals surface area contributed by atoms with Gasteiger partial charge in [0, 0.05) is 35.3 Å². The largest absolute Gasteiger partial charge is 0.490 e. The lowest BCUT2D eigenvalue weighted by molar-refractivity contribution is -0.192. The van der Waals surface area contributed by atoms with Crippen molar-refractivity contribution in [2.24, 2.45) is 5.73 Å². The molecule has 0 radical (unpaired) electrons. The van der Waals surface area contributed by atoms with E-state index in [9.17, 15) is 18.0 Å². The van der Waals surface area contributed by atoms with Crippen molar-refractivity contribution in [2.75, 3.05) is 35.3 Å². The number of nitrogens with one attached hydrogen (secondary N) is 1. The number of benzene rings is 2. The molecule has 6 N–H and O–H groups in total. The summed E-state index contributed by atoms with van der Waals surface area (Å²) in [6, 6.07) is 14.4. The number of thioether (sulfide) groups is 1. The number of nitrogen functional groups attached to an aromatic ring is 1. The predicted molar refractivity (Wildman–Crippen MR) is 148 cm³/mol. The van der Waals surface area contributed by atoms with E-state index in [2.05, 4.69) is 15.3 Å². The maximum absolute atomic E-state index is 11.9. The molecule has 15 heteroatoms. The van der Waals surface area contributed by atoms with Crippen molar-refractivity contribution in [1.82, 2.24) is 9.97 Å².